The molecule has 0 spiro atoms. The van der Waals surface area contributed by atoms with Crippen molar-refractivity contribution in [1.29, 1.82) is 0 Å². The molecule has 0 aliphatic heterocycles. The number of carbonyl (C=O) groups is 1. The second-order valence-electron chi connectivity index (χ2n) is 4.92. The van der Waals surface area contributed by atoms with Crippen LogP contribution in [0.3, 0.4) is 0 Å². The normalized spacial score (nSPS) is 11.0. The van der Waals surface area contributed by atoms with E-state index in [0.717, 1.165) is 5.56 Å². The van der Waals surface area contributed by atoms with E-state index in [1.54, 1.807) is 36.4 Å². The maximum atomic E-state index is 11.2. The summed E-state index contributed by atoms with van der Waals surface area (Å²) in [4.78, 5) is 15.6. The number of rotatable bonds is 5. The predicted molar refractivity (Wildman–Crippen MR) is 102 cm³/mol. The van der Waals surface area contributed by atoms with Crippen LogP contribution in [0.5, 0.6) is 0 Å². The zero-order valence-electron chi connectivity index (χ0n) is 12.6. The molecule has 0 saturated carbocycles. The molecule has 0 saturated heterocycles. The summed E-state index contributed by atoms with van der Waals surface area (Å²) in [6, 6.07) is 11.8. The van der Waals surface area contributed by atoms with E-state index >= 15 is 0 Å². The first-order valence-corrected chi connectivity index (χ1v) is 8.70. The van der Waals surface area contributed by atoms with E-state index in [-0.39, 0.29) is 5.56 Å². The average molecular weight is 392 g/mol. The van der Waals surface area contributed by atoms with Crippen LogP contribution in [0.25, 0.3) is 11.3 Å². The van der Waals surface area contributed by atoms with Crippen molar-refractivity contribution in [1.82, 2.24) is 4.98 Å². The van der Waals surface area contributed by atoms with Gasteiger partial charge in [-0.2, -0.15) is 5.10 Å². The minimum absolute atomic E-state index is 0.179. The van der Waals surface area contributed by atoms with Crippen molar-refractivity contribution in [3.8, 4) is 11.3 Å². The largest absolute Gasteiger partial charge is 0.478 e. The summed E-state index contributed by atoms with van der Waals surface area (Å²) >= 11 is 13.5. The lowest BCUT2D eigenvalue weighted by Gasteiger charge is -2.01. The second kappa shape index (κ2) is 7.65. The van der Waals surface area contributed by atoms with Crippen LogP contribution in [0.1, 0.15) is 15.9 Å². The zero-order valence-corrected chi connectivity index (χ0v) is 14.9. The number of benzene rings is 2. The van der Waals surface area contributed by atoms with Crippen LogP contribution in [0.15, 0.2) is 52.9 Å². The molecule has 0 radical (unpaired) electrons. The van der Waals surface area contributed by atoms with E-state index < -0.39 is 5.97 Å². The van der Waals surface area contributed by atoms with Gasteiger partial charge in [0.15, 0.2) is 0 Å². The number of carboxylic acids is 1. The second-order valence-corrected chi connectivity index (χ2v) is 6.63. The van der Waals surface area contributed by atoms with Gasteiger partial charge in [-0.05, 0) is 24.3 Å². The Hall–Kier alpha value is -2.41. The lowest BCUT2D eigenvalue weighted by molar-refractivity contribution is 0.0697. The SMILES string of the molecule is O=C(O)c1ccccc1/C=N/Nc1nc(-c2cc(Cl)ccc2Cl)cs1. The topological polar surface area (TPSA) is 74.6 Å². The molecule has 0 amide bonds. The molecule has 126 valence electrons. The number of halogens is 2. The Morgan fingerprint density at radius 3 is 2.84 bits per heavy atom. The van der Waals surface area contributed by atoms with Crippen LogP contribution in [-0.2, 0) is 0 Å². The molecule has 0 fully saturated rings. The van der Waals surface area contributed by atoms with E-state index in [1.165, 1.54) is 23.6 Å². The number of carboxylic acid groups (broad SMARTS) is 1. The summed E-state index contributed by atoms with van der Waals surface area (Å²) in [7, 11) is 0. The molecule has 3 aromatic rings. The van der Waals surface area contributed by atoms with Crippen molar-refractivity contribution >= 4 is 51.9 Å². The smallest absolute Gasteiger partial charge is 0.336 e. The van der Waals surface area contributed by atoms with E-state index in [9.17, 15) is 4.79 Å². The fourth-order valence-corrected chi connectivity index (χ4v) is 3.15. The number of hydrogen-bond acceptors (Lipinski definition) is 5. The molecule has 5 nitrogen and oxygen atoms in total. The highest BCUT2D eigenvalue weighted by Crippen LogP contribution is 2.32. The quantitative estimate of drug-likeness (QED) is 0.459. The van der Waals surface area contributed by atoms with E-state index in [0.29, 0.717) is 26.4 Å². The Balaban J connectivity index is 1.76. The third kappa shape index (κ3) is 4.17. The van der Waals surface area contributed by atoms with E-state index in [2.05, 4.69) is 15.5 Å². The van der Waals surface area contributed by atoms with Crippen LogP contribution >= 0.6 is 34.5 Å². The van der Waals surface area contributed by atoms with Gasteiger partial charge < -0.3 is 5.11 Å². The fraction of sp³-hybridized carbons (Fsp3) is 0. The molecule has 2 aromatic carbocycles. The van der Waals surface area contributed by atoms with Gasteiger partial charge >= 0.3 is 5.97 Å². The van der Waals surface area contributed by atoms with Gasteiger partial charge in [-0.25, -0.2) is 9.78 Å². The third-order valence-electron chi connectivity index (χ3n) is 3.26. The van der Waals surface area contributed by atoms with Crippen LogP contribution in [0.2, 0.25) is 10.0 Å². The zero-order chi connectivity index (χ0) is 17.8. The lowest BCUT2D eigenvalue weighted by atomic mass is 10.1. The Labute approximate surface area is 157 Å². The van der Waals surface area contributed by atoms with Gasteiger partial charge in [-0.3, -0.25) is 5.43 Å². The van der Waals surface area contributed by atoms with Crippen LogP contribution in [-0.4, -0.2) is 22.3 Å². The predicted octanol–water partition coefficient (Wildman–Crippen LogP) is 5.26. The van der Waals surface area contributed by atoms with Crippen molar-refractivity contribution in [2.75, 3.05) is 5.43 Å². The first kappa shape index (κ1) is 17.4. The van der Waals surface area contributed by atoms with Crippen LogP contribution in [0, 0.1) is 0 Å². The maximum absolute atomic E-state index is 11.2. The van der Waals surface area contributed by atoms with Crippen LogP contribution in [0.4, 0.5) is 5.13 Å². The number of thiazole rings is 1. The summed E-state index contributed by atoms with van der Waals surface area (Å²) in [5.74, 6) is -1.01. The molecule has 0 aliphatic rings. The number of aromatic nitrogens is 1. The molecule has 0 unspecified atom stereocenters. The van der Waals surface area contributed by atoms with Crippen molar-refractivity contribution in [3.05, 3.63) is 69.0 Å². The Bertz CT molecular complexity index is 957. The Kier molecular flexibility index (Phi) is 5.33. The number of nitrogens with one attached hydrogen (secondary N) is 1. The first-order chi connectivity index (χ1) is 12.0. The van der Waals surface area contributed by atoms with Crippen molar-refractivity contribution in [2.45, 2.75) is 0 Å². The van der Waals surface area contributed by atoms with Crippen molar-refractivity contribution in [3.63, 3.8) is 0 Å². The number of hydrogen-bond donors (Lipinski definition) is 2. The maximum Gasteiger partial charge on any atom is 0.336 e. The standard InChI is InChI=1S/C17H11Cl2N3O2S/c18-11-5-6-14(19)13(7-11)15-9-25-17(21-15)22-20-8-10-3-1-2-4-12(10)16(23)24/h1-9H,(H,21,22)(H,23,24)/b20-8+. The summed E-state index contributed by atoms with van der Waals surface area (Å²) in [6.07, 6.45) is 1.44. The summed E-state index contributed by atoms with van der Waals surface area (Å²) in [5, 5.41) is 16.7. The van der Waals surface area contributed by atoms with Gasteiger partial charge in [-0.1, -0.05) is 41.4 Å². The first-order valence-electron chi connectivity index (χ1n) is 7.07. The number of aromatic carboxylic acids is 1. The number of hydrazone groups is 1. The average Bonchev–Trinajstić information content (AvgIpc) is 3.06. The minimum Gasteiger partial charge on any atom is -0.478 e. The summed E-state index contributed by atoms with van der Waals surface area (Å²) in [5.41, 5.74) is 4.88. The lowest BCUT2D eigenvalue weighted by Crippen LogP contribution is -2.02. The van der Waals surface area contributed by atoms with E-state index in [1.807, 2.05) is 5.38 Å². The molecule has 0 bridgehead atoms. The molecule has 2 N–H and O–H groups in total. The van der Waals surface area contributed by atoms with Gasteiger partial charge in [0, 0.05) is 21.5 Å². The van der Waals surface area contributed by atoms with Crippen molar-refractivity contribution < 1.29 is 9.90 Å². The molecular weight excluding hydrogens is 381 g/mol. The Morgan fingerprint density at radius 2 is 2.04 bits per heavy atom. The fourth-order valence-electron chi connectivity index (χ4n) is 2.10. The molecule has 0 atom stereocenters. The van der Waals surface area contributed by atoms with E-state index in [4.69, 9.17) is 28.3 Å². The molecule has 1 heterocycles. The third-order valence-corrected chi connectivity index (χ3v) is 4.58. The molecular formula is C17H11Cl2N3O2S. The molecule has 25 heavy (non-hydrogen) atoms. The number of anilines is 1. The van der Waals surface area contributed by atoms with Crippen LogP contribution < -0.4 is 5.43 Å². The van der Waals surface area contributed by atoms with Crippen molar-refractivity contribution in [2.24, 2.45) is 5.10 Å². The molecule has 3 rings (SSSR count). The monoisotopic (exact) mass is 391 g/mol. The van der Waals surface area contributed by atoms with Gasteiger partial charge in [0.05, 0.1) is 22.5 Å². The molecule has 0 aliphatic carbocycles. The van der Waals surface area contributed by atoms with Gasteiger partial charge in [0.1, 0.15) is 0 Å². The highest BCUT2D eigenvalue weighted by Gasteiger charge is 2.09. The Morgan fingerprint density at radius 1 is 1.24 bits per heavy atom. The highest BCUT2D eigenvalue weighted by atomic mass is 35.5. The molecule has 1 aromatic heterocycles. The van der Waals surface area contributed by atoms with Gasteiger partial charge in [0.25, 0.3) is 0 Å². The summed E-state index contributed by atoms with van der Waals surface area (Å²) in [6.45, 7) is 0. The summed E-state index contributed by atoms with van der Waals surface area (Å²) < 4.78 is 0. The van der Waals surface area contributed by atoms with Gasteiger partial charge in [0.2, 0.25) is 5.13 Å². The number of nitrogens with zero attached hydrogens (tertiary/aromatic N) is 2. The van der Waals surface area contributed by atoms with Gasteiger partial charge in [-0.15, -0.1) is 11.3 Å². The minimum atomic E-state index is -1.01. The molecule has 8 heteroatoms. The highest BCUT2D eigenvalue weighted by molar-refractivity contribution is 7.14.